The van der Waals surface area contributed by atoms with E-state index < -0.39 is 5.82 Å². The van der Waals surface area contributed by atoms with E-state index in [0.29, 0.717) is 11.4 Å². The minimum Gasteiger partial charge on any atom is -0.397 e. The Bertz CT molecular complexity index is 685. The van der Waals surface area contributed by atoms with Gasteiger partial charge >= 0.3 is 0 Å². The minimum absolute atomic E-state index is 0.00537. The molecule has 0 aliphatic rings. The van der Waals surface area contributed by atoms with Crippen LogP contribution in [-0.4, -0.2) is 16.6 Å². The van der Waals surface area contributed by atoms with Crippen LogP contribution in [0.5, 0.6) is 0 Å². The molecule has 0 radical (unpaired) electrons. The molecule has 4 N–H and O–H groups in total. The van der Waals surface area contributed by atoms with E-state index >= 15 is 0 Å². The van der Waals surface area contributed by atoms with Crippen molar-refractivity contribution in [3.8, 4) is 0 Å². The van der Waals surface area contributed by atoms with Crippen molar-refractivity contribution in [2.24, 2.45) is 0 Å². The summed E-state index contributed by atoms with van der Waals surface area (Å²) in [7, 11) is 0. The number of nitrogens with two attached hydrogens (primary N) is 1. The second-order valence-electron chi connectivity index (χ2n) is 4.20. The van der Waals surface area contributed by atoms with Gasteiger partial charge in [0.05, 0.1) is 11.4 Å². The van der Waals surface area contributed by atoms with Crippen molar-refractivity contribution < 1.29 is 9.18 Å². The molecule has 1 aromatic heterocycles. The Balaban J connectivity index is 2.41. The largest absolute Gasteiger partial charge is 0.397 e. The van der Waals surface area contributed by atoms with Crippen molar-refractivity contribution in [1.82, 2.24) is 4.98 Å². The standard InChI is InChI=1S/C14H13FN4O/c1-8(20)18-12-6-5-11(16)14(19-12)13(17)9-3-2-4-10(15)7-9/h2-7,17H,16H2,1H3,(H,18,19,20). The van der Waals surface area contributed by atoms with Crippen molar-refractivity contribution in [3.63, 3.8) is 0 Å². The molecule has 0 aliphatic carbocycles. The Hall–Kier alpha value is -2.76. The number of rotatable bonds is 3. The molecule has 20 heavy (non-hydrogen) atoms. The number of hydrogen-bond donors (Lipinski definition) is 3. The van der Waals surface area contributed by atoms with E-state index in [1.165, 1.54) is 25.1 Å². The van der Waals surface area contributed by atoms with Crippen LogP contribution in [0.3, 0.4) is 0 Å². The fraction of sp³-hybridized carbons (Fsp3) is 0.0714. The lowest BCUT2D eigenvalue weighted by Crippen LogP contribution is -2.13. The second kappa shape index (κ2) is 5.48. The molecule has 0 atom stereocenters. The molecule has 0 bridgehead atoms. The van der Waals surface area contributed by atoms with Gasteiger partial charge in [0.1, 0.15) is 17.3 Å². The zero-order valence-electron chi connectivity index (χ0n) is 10.8. The second-order valence-corrected chi connectivity index (χ2v) is 4.20. The van der Waals surface area contributed by atoms with E-state index in [0.717, 1.165) is 0 Å². The fourth-order valence-electron chi connectivity index (χ4n) is 1.70. The molecule has 0 unspecified atom stereocenters. The monoisotopic (exact) mass is 272 g/mol. The summed E-state index contributed by atoms with van der Waals surface area (Å²) in [5, 5.41) is 10.6. The number of nitrogens with zero attached hydrogens (tertiary/aromatic N) is 1. The molecule has 0 fully saturated rings. The number of nitrogens with one attached hydrogen (secondary N) is 2. The first-order valence-electron chi connectivity index (χ1n) is 5.86. The summed E-state index contributed by atoms with van der Waals surface area (Å²) >= 11 is 0. The molecule has 1 aromatic carbocycles. The lowest BCUT2D eigenvalue weighted by molar-refractivity contribution is -0.114. The third kappa shape index (κ3) is 2.97. The van der Waals surface area contributed by atoms with Crippen LogP contribution >= 0.6 is 0 Å². The van der Waals surface area contributed by atoms with Crippen molar-refractivity contribution in [3.05, 3.63) is 53.5 Å². The first kappa shape index (κ1) is 13.7. The number of halogens is 1. The Morgan fingerprint density at radius 3 is 2.75 bits per heavy atom. The summed E-state index contributed by atoms with van der Waals surface area (Å²) in [4.78, 5) is 15.1. The maximum atomic E-state index is 13.2. The first-order chi connectivity index (χ1) is 9.47. The van der Waals surface area contributed by atoms with Crippen molar-refractivity contribution >= 4 is 23.1 Å². The van der Waals surface area contributed by atoms with Crippen LogP contribution < -0.4 is 11.1 Å². The molecule has 0 saturated heterocycles. The van der Waals surface area contributed by atoms with E-state index in [1.54, 1.807) is 18.2 Å². The van der Waals surface area contributed by atoms with Gasteiger partial charge in [-0.1, -0.05) is 12.1 Å². The van der Waals surface area contributed by atoms with Crippen LogP contribution in [0.2, 0.25) is 0 Å². The van der Waals surface area contributed by atoms with Gasteiger partial charge in [-0.05, 0) is 24.3 Å². The highest BCUT2D eigenvalue weighted by atomic mass is 19.1. The number of pyridine rings is 1. The number of carbonyl (C=O) groups excluding carboxylic acids is 1. The molecular weight excluding hydrogens is 259 g/mol. The highest BCUT2D eigenvalue weighted by molar-refractivity contribution is 6.12. The van der Waals surface area contributed by atoms with Gasteiger partial charge in [-0.15, -0.1) is 0 Å². The lowest BCUT2D eigenvalue weighted by Gasteiger charge is -2.09. The van der Waals surface area contributed by atoms with Gasteiger partial charge in [0, 0.05) is 12.5 Å². The number of aromatic nitrogens is 1. The van der Waals surface area contributed by atoms with Crippen LogP contribution in [-0.2, 0) is 4.79 Å². The number of anilines is 2. The summed E-state index contributed by atoms with van der Waals surface area (Å²) in [6.07, 6.45) is 0. The van der Waals surface area contributed by atoms with Crippen LogP contribution in [0.25, 0.3) is 0 Å². The SMILES string of the molecule is CC(=O)Nc1ccc(N)c(C(=N)c2cccc(F)c2)n1. The molecule has 2 aromatic rings. The molecule has 5 nitrogen and oxygen atoms in total. The topological polar surface area (TPSA) is 91.9 Å². The summed E-state index contributed by atoms with van der Waals surface area (Å²) in [6, 6.07) is 8.71. The summed E-state index contributed by atoms with van der Waals surface area (Å²) in [5.41, 5.74) is 6.63. The smallest absolute Gasteiger partial charge is 0.222 e. The number of nitrogen functional groups attached to an aromatic ring is 1. The van der Waals surface area contributed by atoms with Crippen molar-refractivity contribution in [1.29, 1.82) is 5.41 Å². The fourth-order valence-corrected chi connectivity index (χ4v) is 1.70. The highest BCUT2D eigenvalue weighted by Crippen LogP contribution is 2.18. The molecule has 6 heteroatoms. The lowest BCUT2D eigenvalue weighted by atomic mass is 10.1. The number of hydrogen-bond acceptors (Lipinski definition) is 4. The van der Waals surface area contributed by atoms with Gasteiger partial charge in [0.15, 0.2) is 0 Å². The Morgan fingerprint density at radius 2 is 2.10 bits per heavy atom. The predicted molar refractivity (Wildman–Crippen MR) is 75.3 cm³/mol. The Labute approximate surface area is 115 Å². The van der Waals surface area contributed by atoms with Crippen LogP contribution in [0.4, 0.5) is 15.9 Å². The molecule has 1 amide bonds. The molecule has 0 aliphatic heterocycles. The van der Waals surface area contributed by atoms with Gasteiger partial charge in [0.2, 0.25) is 5.91 Å². The normalized spacial score (nSPS) is 10.1. The molecule has 0 spiro atoms. The van der Waals surface area contributed by atoms with Crippen LogP contribution in [0, 0.1) is 11.2 Å². The van der Waals surface area contributed by atoms with E-state index in [-0.39, 0.29) is 23.0 Å². The van der Waals surface area contributed by atoms with Crippen molar-refractivity contribution in [2.75, 3.05) is 11.1 Å². The number of benzene rings is 1. The third-order valence-electron chi connectivity index (χ3n) is 2.58. The summed E-state index contributed by atoms with van der Waals surface area (Å²) in [5.74, 6) is -0.419. The molecule has 1 heterocycles. The minimum atomic E-state index is -0.441. The van der Waals surface area contributed by atoms with Gasteiger partial charge in [-0.25, -0.2) is 9.37 Å². The maximum Gasteiger partial charge on any atom is 0.222 e. The molecule has 0 saturated carbocycles. The van der Waals surface area contributed by atoms with Gasteiger partial charge in [-0.3, -0.25) is 10.2 Å². The van der Waals surface area contributed by atoms with Gasteiger partial charge < -0.3 is 11.1 Å². The van der Waals surface area contributed by atoms with Gasteiger partial charge in [0.25, 0.3) is 0 Å². The quantitative estimate of drug-likeness (QED) is 0.748. The molecular formula is C14H13FN4O. The average Bonchev–Trinajstić information content (AvgIpc) is 2.39. The molecule has 2 rings (SSSR count). The van der Waals surface area contributed by atoms with Crippen molar-refractivity contribution in [2.45, 2.75) is 6.92 Å². The van der Waals surface area contributed by atoms with E-state index in [1.807, 2.05) is 0 Å². The highest BCUT2D eigenvalue weighted by Gasteiger charge is 2.12. The third-order valence-corrected chi connectivity index (χ3v) is 2.58. The number of carbonyl (C=O) groups is 1. The zero-order valence-corrected chi connectivity index (χ0v) is 10.8. The van der Waals surface area contributed by atoms with E-state index in [4.69, 9.17) is 11.1 Å². The Kier molecular flexibility index (Phi) is 3.74. The Morgan fingerprint density at radius 1 is 1.35 bits per heavy atom. The maximum absolute atomic E-state index is 13.2. The summed E-state index contributed by atoms with van der Waals surface area (Å²) in [6.45, 7) is 1.36. The number of amides is 1. The van der Waals surface area contributed by atoms with Crippen LogP contribution in [0.1, 0.15) is 18.2 Å². The molecule has 102 valence electrons. The van der Waals surface area contributed by atoms with Gasteiger partial charge in [-0.2, -0.15) is 0 Å². The summed E-state index contributed by atoms with van der Waals surface area (Å²) < 4.78 is 13.2. The van der Waals surface area contributed by atoms with E-state index in [2.05, 4.69) is 10.3 Å². The first-order valence-corrected chi connectivity index (χ1v) is 5.86. The van der Waals surface area contributed by atoms with Crippen LogP contribution in [0.15, 0.2) is 36.4 Å². The zero-order chi connectivity index (χ0) is 14.7. The van der Waals surface area contributed by atoms with E-state index in [9.17, 15) is 9.18 Å². The average molecular weight is 272 g/mol. The predicted octanol–water partition coefficient (Wildman–Crippen LogP) is 2.18.